The van der Waals surface area contributed by atoms with Crippen molar-refractivity contribution in [1.29, 1.82) is 0 Å². The lowest BCUT2D eigenvalue weighted by Gasteiger charge is -2.37. The maximum absolute atomic E-state index is 11.2. The number of carboxylic acid groups (broad SMARTS) is 1. The first-order chi connectivity index (χ1) is 9.92. The van der Waals surface area contributed by atoms with Gasteiger partial charge < -0.3 is 10.2 Å². The number of carboxylic acids is 1. The summed E-state index contributed by atoms with van der Waals surface area (Å²) in [4.78, 5) is 11.2. The van der Waals surface area contributed by atoms with Gasteiger partial charge in [0.05, 0.1) is 12.5 Å². The van der Waals surface area contributed by atoms with Crippen LogP contribution in [0, 0.1) is 19.3 Å². The van der Waals surface area contributed by atoms with Crippen LogP contribution in [0.25, 0.3) is 0 Å². The van der Waals surface area contributed by atoms with Crippen LogP contribution in [-0.4, -0.2) is 16.2 Å². The molecule has 0 amide bonds. The highest BCUT2D eigenvalue weighted by Gasteiger charge is 2.36. The summed E-state index contributed by atoms with van der Waals surface area (Å²) in [6.07, 6.45) is 5.34. The lowest BCUT2D eigenvalue weighted by atomic mass is 9.68. The normalized spacial score (nSPS) is 19.2. The highest BCUT2D eigenvalue weighted by atomic mass is 16.4. The van der Waals surface area contributed by atoms with E-state index in [0.717, 1.165) is 31.2 Å². The van der Waals surface area contributed by atoms with Crippen molar-refractivity contribution in [2.45, 2.75) is 64.9 Å². The van der Waals surface area contributed by atoms with Crippen LogP contribution in [0.3, 0.4) is 0 Å². The number of aliphatic hydroxyl groups excluding tert-OH is 1. The van der Waals surface area contributed by atoms with Gasteiger partial charge in [-0.3, -0.25) is 4.79 Å². The SMILES string of the molecule is Cc1ccc(C(O)CC2(CC(=O)O)CCCCC2)cc1C. The van der Waals surface area contributed by atoms with E-state index in [-0.39, 0.29) is 11.8 Å². The maximum atomic E-state index is 11.2. The molecular formula is C18H26O3. The van der Waals surface area contributed by atoms with E-state index in [1.807, 2.05) is 25.1 Å². The molecule has 116 valence electrons. The molecule has 1 aromatic rings. The van der Waals surface area contributed by atoms with Crippen LogP contribution in [-0.2, 0) is 4.79 Å². The van der Waals surface area contributed by atoms with Gasteiger partial charge in [0.2, 0.25) is 0 Å². The monoisotopic (exact) mass is 290 g/mol. The van der Waals surface area contributed by atoms with Crippen molar-refractivity contribution in [3.63, 3.8) is 0 Å². The Hall–Kier alpha value is -1.35. The van der Waals surface area contributed by atoms with Gasteiger partial charge in [0, 0.05) is 0 Å². The molecule has 0 aromatic heterocycles. The molecule has 1 atom stereocenters. The summed E-state index contributed by atoms with van der Waals surface area (Å²) >= 11 is 0. The molecule has 1 aliphatic rings. The number of aliphatic hydroxyl groups is 1. The first-order valence-corrected chi connectivity index (χ1v) is 7.89. The van der Waals surface area contributed by atoms with Gasteiger partial charge in [-0.15, -0.1) is 0 Å². The molecule has 2 N–H and O–H groups in total. The predicted molar refractivity (Wildman–Crippen MR) is 83.3 cm³/mol. The first-order valence-electron chi connectivity index (χ1n) is 7.89. The van der Waals surface area contributed by atoms with Gasteiger partial charge in [0.1, 0.15) is 0 Å². The minimum Gasteiger partial charge on any atom is -0.481 e. The zero-order valence-corrected chi connectivity index (χ0v) is 13.1. The van der Waals surface area contributed by atoms with E-state index in [2.05, 4.69) is 6.92 Å². The van der Waals surface area contributed by atoms with Crippen LogP contribution in [0.1, 0.15) is 67.7 Å². The Labute approximate surface area is 127 Å². The molecular weight excluding hydrogens is 264 g/mol. The van der Waals surface area contributed by atoms with Gasteiger partial charge >= 0.3 is 5.97 Å². The van der Waals surface area contributed by atoms with Gasteiger partial charge in [-0.1, -0.05) is 37.5 Å². The number of benzene rings is 1. The summed E-state index contributed by atoms with van der Waals surface area (Å²) in [7, 11) is 0. The summed E-state index contributed by atoms with van der Waals surface area (Å²) in [5, 5.41) is 19.8. The minimum absolute atomic E-state index is 0.175. The van der Waals surface area contributed by atoms with Crippen LogP contribution in [0.4, 0.5) is 0 Å². The fraction of sp³-hybridized carbons (Fsp3) is 0.611. The summed E-state index contributed by atoms with van der Waals surface area (Å²) < 4.78 is 0. The van der Waals surface area contributed by atoms with E-state index >= 15 is 0 Å². The average molecular weight is 290 g/mol. The largest absolute Gasteiger partial charge is 0.481 e. The fourth-order valence-electron chi connectivity index (χ4n) is 3.58. The molecule has 0 bridgehead atoms. The van der Waals surface area contributed by atoms with Crippen molar-refractivity contribution >= 4 is 5.97 Å². The van der Waals surface area contributed by atoms with Crippen molar-refractivity contribution in [3.05, 3.63) is 34.9 Å². The van der Waals surface area contributed by atoms with Crippen LogP contribution in [0.5, 0.6) is 0 Å². The van der Waals surface area contributed by atoms with Crippen LogP contribution in [0.2, 0.25) is 0 Å². The summed E-state index contributed by atoms with van der Waals surface area (Å²) in [6, 6.07) is 6.01. The number of aryl methyl sites for hydroxylation is 2. The third kappa shape index (κ3) is 4.07. The smallest absolute Gasteiger partial charge is 0.303 e. The summed E-state index contributed by atoms with van der Waals surface area (Å²) in [5.41, 5.74) is 3.06. The lowest BCUT2D eigenvalue weighted by molar-refractivity contribution is -0.141. The third-order valence-electron chi connectivity index (χ3n) is 4.98. The van der Waals surface area contributed by atoms with E-state index in [1.54, 1.807) is 0 Å². The van der Waals surface area contributed by atoms with Crippen molar-refractivity contribution in [2.75, 3.05) is 0 Å². The van der Waals surface area contributed by atoms with E-state index < -0.39 is 12.1 Å². The van der Waals surface area contributed by atoms with Crippen LogP contribution >= 0.6 is 0 Å². The number of aliphatic carboxylic acids is 1. The number of hydrogen-bond acceptors (Lipinski definition) is 2. The fourth-order valence-corrected chi connectivity index (χ4v) is 3.58. The molecule has 0 radical (unpaired) electrons. The quantitative estimate of drug-likeness (QED) is 0.856. The Morgan fingerprint density at radius 3 is 2.43 bits per heavy atom. The van der Waals surface area contributed by atoms with Crippen molar-refractivity contribution in [1.82, 2.24) is 0 Å². The highest BCUT2D eigenvalue weighted by molar-refractivity contribution is 5.67. The zero-order chi connectivity index (χ0) is 15.5. The molecule has 1 aromatic carbocycles. The Morgan fingerprint density at radius 2 is 1.86 bits per heavy atom. The molecule has 3 heteroatoms. The first kappa shape index (κ1) is 16.0. The summed E-state index contributed by atoms with van der Waals surface area (Å²) in [5.74, 6) is -0.746. The van der Waals surface area contributed by atoms with Gasteiger partial charge in [0.25, 0.3) is 0 Å². The van der Waals surface area contributed by atoms with Crippen molar-refractivity contribution in [2.24, 2.45) is 5.41 Å². The second kappa shape index (κ2) is 6.61. The lowest BCUT2D eigenvalue weighted by Crippen LogP contribution is -2.29. The van der Waals surface area contributed by atoms with Crippen molar-refractivity contribution in [3.8, 4) is 0 Å². The zero-order valence-electron chi connectivity index (χ0n) is 13.1. The Morgan fingerprint density at radius 1 is 1.19 bits per heavy atom. The Kier molecular flexibility index (Phi) is 5.04. The van der Waals surface area contributed by atoms with E-state index in [9.17, 15) is 15.0 Å². The van der Waals surface area contributed by atoms with Crippen LogP contribution in [0.15, 0.2) is 18.2 Å². The van der Waals surface area contributed by atoms with Gasteiger partial charge in [-0.05, 0) is 55.2 Å². The molecule has 0 spiro atoms. The highest BCUT2D eigenvalue weighted by Crippen LogP contribution is 2.45. The minimum atomic E-state index is -0.746. The van der Waals surface area contributed by atoms with Gasteiger partial charge in [0.15, 0.2) is 0 Å². The van der Waals surface area contributed by atoms with E-state index in [0.29, 0.717) is 6.42 Å². The van der Waals surface area contributed by atoms with Crippen molar-refractivity contribution < 1.29 is 15.0 Å². The molecule has 21 heavy (non-hydrogen) atoms. The maximum Gasteiger partial charge on any atom is 0.303 e. The molecule has 0 aliphatic heterocycles. The predicted octanol–water partition coefficient (Wildman–Crippen LogP) is 4.15. The molecule has 1 aliphatic carbocycles. The summed E-state index contributed by atoms with van der Waals surface area (Å²) in [6.45, 7) is 4.09. The topological polar surface area (TPSA) is 57.5 Å². The molecule has 1 fully saturated rings. The second-order valence-electron chi connectivity index (χ2n) is 6.69. The molecule has 0 heterocycles. The van der Waals surface area contributed by atoms with E-state index in [4.69, 9.17) is 0 Å². The second-order valence-corrected chi connectivity index (χ2v) is 6.69. The molecule has 2 rings (SSSR count). The number of carbonyl (C=O) groups is 1. The molecule has 1 saturated carbocycles. The average Bonchev–Trinajstić information content (AvgIpc) is 2.41. The van der Waals surface area contributed by atoms with Crippen LogP contribution < -0.4 is 0 Å². The van der Waals surface area contributed by atoms with E-state index in [1.165, 1.54) is 17.5 Å². The Bertz CT molecular complexity index is 501. The molecule has 1 unspecified atom stereocenters. The molecule has 3 nitrogen and oxygen atoms in total. The Balaban J connectivity index is 2.15. The van der Waals surface area contributed by atoms with Gasteiger partial charge in [-0.25, -0.2) is 0 Å². The number of rotatable bonds is 5. The van der Waals surface area contributed by atoms with Gasteiger partial charge in [-0.2, -0.15) is 0 Å². The third-order valence-corrected chi connectivity index (χ3v) is 4.98. The standard InChI is InChI=1S/C18H26O3/c1-13-6-7-15(10-14(13)2)16(19)11-18(12-17(20)21)8-4-3-5-9-18/h6-7,10,16,19H,3-5,8-9,11-12H2,1-2H3,(H,20,21). The molecule has 0 saturated heterocycles. The number of hydrogen-bond donors (Lipinski definition) is 2.